The normalized spacial score (nSPS) is 11.9. The van der Waals surface area contributed by atoms with Crippen molar-refractivity contribution in [2.75, 3.05) is 0 Å². The lowest BCUT2D eigenvalue weighted by atomic mass is 10.3. The van der Waals surface area contributed by atoms with Crippen molar-refractivity contribution < 1.29 is 13.2 Å². The largest absolute Gasteiger partial charge is 0.436 e. The standard InChI is InChI=1S/C10H3Cl4F3N2/c11-4-1-5(12)8(6(13)2-4)19-3-7(14)9(18-19)10(15,16)17/h1-3H. The highest BCUT2D eigenvalue weighted by Gasteiger charge is 2.37. The summed E-state index contributed by atoms with van der Waals surface area (Å²) >= 11 is 23.0. The smallest absolute Gasteiger partial charge is 0.236 e. The van der Waals surface area contributed by atoms with Crippen LogP contribution in [0.4, 0.5) is 13.2 Å². The molecule has 1 aromatic carbocycles. The fourth-order valence-electron chi connectivity index (χ4n) is 1.41. The summed E-state index contributed by atoms with van der Waals surface area (Å²) in [5.41, 5.74) is -1.14. The topological polar surface area (TPSA) is 17.8 Å². The van der Waals surface area contributed by atoms with E-state index in [9.17, 15) is 13.2 Å². The minimum atomic E-state index is -4.66. The van der Waals surface area contributed by atoms with Gasteiger partial charge in [-0.1, -0.05) is 46.4 Å². The Morgan fingerprint density at radius 1 is 0.947 bits per heavy atom. The fourth-order valence-corrected chi connectivity index (χ4v) is 2.64. The maximum Gasteiger partial charge on any atom is 0.436 e. The molecule has 0 fully saturated rings. The third-order valence-electron chi connectivity index (χ3n) is 2.15. The molecule has 0 atom stereocenters. The number of aromatic nitrogens is 2. The van der Waals surface area contributed by atoms with Gasteiger partial charge in [0.2, 0.25) is 0 Å². The van der Waals surface area contributed by atoms with Gasteiger partial charge in [-0.15, -0.1) is 0 Å². The first kappa shape index (κ1) is 14.8. The van der Waals surface area contributed by atoms with E-state index in [-0.39, 0.29) is 20.8 Å². The summed E-state index contributed by atoms with van der Waals surface area (Å²) in [6.45, 7) is 0. The summed E-state index contributed by atoms with van der Waals surface area (Å²) < 4.78 is 38.7. The lowest BCUT2D eigenvalue weighted by Gasteiger charge is -2.07. The van der Waals surface area contributed by atoms with Crippen LogP contribution in [0.15, 0.2) is 18.3 Å². The van der Waals surface area contributed by atoms with Gasteiger partial charge in [-0.25, -0.2) is 4.68 Å². The second kappa shape index (κ2) is 5.05. The number of halogens is 7. The quantitative estimate of drug-likeness (QED) is 0.664. The Morgan fingerprint density at radius 2 is 1.47 bits per heavy atom. The van der Waals surface area contributed by atoms with Crippen LogP contribution in [0.3, 0.4) is 0 Å². The number of hydrogen-bond acceptors (Lipinski definition) is 1. The average molecular weight is 350 g/mol. The lowest BCUT2D eigenvalue weighted by molar-refractivity contribution is -0.141. The van der Waals surface area contributed by atoms with E-state index in [1.807, 2.05) is 0 Å². The molecule has 0 bridgehead atoms. The molecule has 0 aliphatic rings. The van der Waals surface area contributed by atoms with Gasteiger partial charge in [0, 0.05) is 5.02 Å². The molecule has 0 aliphatic heterocycles. The third kappa shape index (κ3) is 2.94. The van der Waals surface area contributed by atoms with E-state index in [0.29, 0.717) is 0 Å². The Bertz CT molecular complexity index is 613. The molecule has 19 heavy (non-hydrogen) atoms. The molecule has 0 saturated carbocycles. The molecule has 9 heteroatoms. The molecule has 2 aromatic rings. The Kier molecular flexibility index (Phi) is 3.93. The molecule has 0 saturated heterocycles. The van der Waals surface area contributed by atoms with E-state index < -0.39 is 16.9 Å². The molecule has 0 amide bonds. The van der Waals surface area contributed by atoms with Gasteiger partial charge in [0.15, 0.2) is 5.69 Å². The first-order valence-electron chi connectivity index (χ1n) is 4.67. The van der Waals surface area contributed by atoms with E-state index in [2.05, 4.69) is 5.10 Å². The van der Waals surface area contributed by atoms with Gasteiger partial charge in [-0.3, -0.25) is 0 Å². The van der Waals surface area contributed by atoms with Gasteiger partial charge in [-0.05, 0) is 12.1 Å². The van der Waals surface area contributed by atoms with Crippen LogP contribution in [0.1, 0.15) is 5.69 Å². The number of hydrogen-bond donors (Lipinski definition) is 0. The minimum absolute atomic E-state index is 0.0605. The molecule has 1 heterocycles. The molecule has 0 N–H and O–H groups in total. The van der Waals surface area contributed by atoms with Crippen molar-refractivity contribution in [2.45, 2.75) is 6.18 Å². The number of nitrogens with zero attached hydrogens (tertiary/aromatic N) is 2. The van der Waals surface area contributed by atoms with Crippen molar-refractivity contribution in [1.29, 1.82) is 0 Å². The fraction of sp³-hybridized carbons (Fsp3) is 0.100. The molecule has 1 aromatic heterocycles. The first-order valence-corrected chi connectivity index (χ1v) is 6.18. The summed E-state index contributed by atoms with van der Waals surface area (Å²) in [7, 11) is 0. The van der Waals surface area contributed by atoms with Crippen LogP contribution >= 0.6 is 46.4 Å². The number of benzene rings is 1. The summed E-state index contributed by atoms with van der Waals surface area (Å²) in [6.07, 6.45) is -3.68. The van der Waals surface area contributed by atoms with Crippen LogP contribution in [0.5, 0.6) is 0 Å². The summed E-state index contributed by atoms with van der Waals surface area (Å²) in [6, 6.07) is 2.68. The minimum Gasteiger partial charge on any atom is -0.236 e. The molecule has 2 nitrogen and oxygen atoms in total. The van der Waals surface area contributed by atoms with Crippen molar-refractivity contribution in [3.8, 4) is 5.69 Å². The maximum atomic E-state index is 12.6. The van der Waals surface area contributed by atoms with Gasteiger partial charge >= 0.3 is 6.18 Å². The molecule has 102 valence electrons. The number of alkyl halides is 3. The van der Waals surface area contributed by atoms with E-state index in [1.165, 1.54) is 12.1 Å². The van der Waals surface area contributed by atoms with Gasteiger partial charge in [0.1, 0.15) is 5.69 Å². The zero-order valence-electron chi connectivity index (χ0n) is 8.77. The predicted molar refractivity (Wildman–Crippen MR) is 68.6 cm³/mol. The molecular formula is C10H3Cl4F3N2. The van der Waals surface area contributed by atoms with Crippen molar-refractivity contribution in [2.24, 2.45) is 0 Å². The van der Waals surface area contributed by atoms with Crippen molar-refractivity contribution in [3.05, 3.63) is 44.1 Å². The third-order valence-corrected chi connectivity index (χ3v) is 3.22. The zero-order chi connectivity index (χ0) is 14.4. The summed E-state index contributed by atoms with van der Waals surface area (Å²) in [5, 5.41) is 3.18. The summed E-state index contributed by atoms with van der Waals surface area (Å²) in [4.78, 5) is 0. The molecule has 0 radical (unpaired) electrons. The van der Waals surface area contributed by atoms with Gasteiger partial charge in [0.25, 0.3) is 0 Å². The number of rotatable bonds is 1. The van der Waals surface area contributed by atoms with Gasteiger partial charge in [0.05, 0.1) is 21.3 Å². The van der Waals surface area contributed by atoms with E-state index in [1.54, 1.807) is 0 Å². The van der Waals surface area contributed by atoms with Crippen LogP contribution in [0.2, 0.25) is 20.1 Å². The second-order valence-electron chi connectivity index (χ2n) is 3.49. The Morgan fingerprint density at radius 3 is 1.89 bits per heavy atom. The Hall–Kier alpha value is -0.620. The lowest BCUT2D eigenvalue weighted by Crippen LogP contribution is -2.08. The highest BCUT2D eigenvalue weighted by atomic mass is 35.5. The van der Waals surface area contributed by atoms with Crippen molar-refractivity contribution >= 4 is 46.4 Å². The van der Waals surface area contributed by atoms with Gasteiger partial charge in [-0.2, -0.15) is 18.3 Å². The van der Waals surface area contributed by atoms with Crippen LogP contribution in [0.25, 0.3) is 5.69 Å². The van der Waals surface area contributed by atoms with Gasteiger partial charge < -0.3 is 0 Å². The average Bonchev–Trinajstić information content (AvgIpc) is 2.57. The maximum absolute atomic E-state index is 12.6. The second-order valence-corrected chi connectivity index (χ2v) is 5.14. The first-order chi connectivity index (χ1) is 8.70. The van der Waals surface area contributed by atoms with E-state index in [4.69, 9.17) is 46.4 Å². The van der Waals surface area contributed by atoms with Crippen LogP contribution < -0.4 is 0 Å². The van der Waals surface area contributed by atoms with Crippen LogP contribution in [0, 0.1) is 0 Å². The van der Waals surface area contributed by atoms with Crippen LogP contribution in [-0.2, 0) is 6.18 Å². The molecular weight excluding hydrogens is 347 g/mol. The van der Waals surface area contributed by atoms with Crippen molar-refractivity contribution in [1.82, 2.24) is 9.78 Å². The predicted octanol–water partition coefficient (Wildman–Crippen LogP) is 5.50. The highest BCUT2D eigenvalue weighted by molar-refractivity contribution is 6.40. The molecule has 0 aliphatic carbocycles. The molecule has 0 spiro atoms. The van der Waals surface area contributed by atoms with Crippen molar-refractivity contribution in [3.63, 3.8) is 0 Å². The summed E-state index contributed by atoms with van der Waals surface area (Å²) in [5.74, 6) is 0. The van der Waals surface area contributed by atoms with E-state index >= 15 is 0 Å². The SMILES string of the molecule is FC(F)(F)c1nn(-c2c(Cl)cc(Cl)cc2Cl)cc1Cl. The Balaban J connectivity index is 2.61. The van der Waals surface area contributed by atoms with Crippen LogP contribution in [-0.4, -0.2) is 9.78 Å². The zero-order valence-corrected chi connectivity index (χ0v) is 11.8. The van der Waals surface area contributed by atoms with E-state index in [0.717, 1.165) is 10.9 Å². The molecule has 2 rings (SSSR count). The Labute approximate surface area is 125 Å². The molecule has 0 unspecified atom stereocenters. The monoisotopic (exact) mass is 348 g/mol. The highest BCUT2D eigenvalue weighted by Crippen LogP contribution is 2.37.